The molecule has 0 heterocycles. The van der Waals surface area contributed by atoms with Gasteiger partial charge < -0.3 is 4.90 Å². The Kier molecular flexibility index (Phi) is 5.00. The molecular formula is C17H25NO. The molecule has 2 nitrogen and oxygen atoms in total. The van der Waals surface area contributed by atoms with Crippen LogP contribution in [0, 0.1) is 5.92 Å². The Morgan fingerprint density at radius 3 is 2.42 bits per heavy atom. The third-order valence-corrected chi connectivity index (χ3v) is 4.26. The fourth-order valence-electron chi connectivity index (χ4n) is 2.92. The Bertz CT molecular complexity index is 395. The summed E-state index contributed by atoms with van der Waals surface area (Å²) in [6.07, 6.45) is 6.84. The van der Waals surface area contributed by atoms with Crippen LogP contribution in [-0.4, -0.2) is 11.9 Å². The highest BCUT2D eigenvalue weighted by molar-refractivity contribution is 5.95. The van der Waals surface area contributed by atoms with Crippen molar-refractivity contribution < 1.29 is 4.79 Å². The standard InChI is InChI=1S/C17H25NO/c1-3-14(2)18(16-12-8-5-9-13-16)17(19)15-10-6-4-7-11-15/h5,8-9,12-15H,3-4,6-7,10-11H2,1-2H3. The maximum atomic E-state index is 12.8. The van der Waals surface area contributed by atoms with Crippen molar-refractivity contribution in [1.29, 1.82) is 0 Å². The molecule has 1 aromatic carbocycles. The van der Waals surface area contributed by atoms with E-state index in [2.05, 4.69) is 13.8 Å². The van der Waals surface area contributed by atoms with E-state index in [1.807, 2.05) is 35.2 Å². The van der Waals surface area contributed by atoms with Crippen LogP contribution in [0.2, 0.25) is 0 Å². The van der Waals surface area contributed by atoms with E-state index in [9.17, 15) is 4.79 Å². The fraction of sp³-hybridized carbons (Fsp3) is 0.588. The lowest BCUT2D eigenvalue weighted by Crippen LogP contribution is -2.42. The second-order valence-electron chi connectivity index (χ2n) is 5.64. The molecule has 1 amide bonds. The SMILES string of the molecule is CCC(C)N(C(=O)C1CCCCC1)c1ccccc1. The zero-order chi connectivity index (χ0) is 13.7. The first kappa shape index (κ1) is 14.1. The number of para-hydroxylation sites is 1. The molecule has 0 radical (unpaired) electrons. The zero-order valence-corrected chi connectivity index (χ0v) is 12.1. The summed E-state index contributed by atoms with van der Waals surface area (Å²) in [4.78, 5) is 14.8. The molecule has 1 unspecified atom stereocenters. The number of carbonyl (C=O) groups excluding carboxylic acids is 1. The van der Waals surface area contributed by atoms with Crippen molar-refractivity contribution in [2.45, 2.75) is 58.4 Å². The highest BCUT2D eigenvalue weighted by atomic mass is 16.2. The number of amides is 1. The van der Waals surface area contributed by atoms with Crippen molar-refractivity contribution in [1.82, 2.24) is 0 Å². The number of hydrogen-bond donors (Lipinski definition) is 0. The zero-order valence-electron chi connectivity index (χ0n) is 12.1. The van der Waals surface area contributed by atoms with Gasteiger partial charge in [0, 0.05) is 17.6 Å². The number of anilines is 1. The summed E-state index contributed by atoms with van der Waals surface area (Å²) in [5.74, 6) is 0.572. The lowest BCUT2D eigenvalue weighted by Gasteiger charge is -2.33. The second kappa shape index (κ2) is 6.74. The molecule has 0 N–H and O–H groups in total. The predicted octanol–water partition coefficient (Wildman–Crippen LogP) is 4.40. The molecule has 0 aliphatic heterocycles. The molecule has 19 heavy (non-hydrogen) atoms. The van der Waals surface area contributed by atoms with Gasteiger partial charge in [0.1, 0.15) is 0 Å². The van der Waals surface area contributed by atoms with Gasteiger partial charge in [-0.2, -0.15) is 0 Å². The van der Waals surface area contributed by atoms with Crippen LogP contribution >= 0.6 is 0 Å². The Hall–Kier alpha value is -1.31. The van der Waals surface area contributed by atoms with Gasteiger partial charge in [0.15, 0.2) is 0 Å². The summed E-state index contributed by atoms with van der Waals surface area (Å²) >= 11 is 0. The minimum atomic E-state index is 0.239. The van der Waals surface area contributed by atoms with Gasteiger partial charge in [0.25, 0.3) is 0 Å². The Balaban J connectivity index is 2.20. The first-order valence-corrected chi connectivity index (χ1v) is 7.62. The molecule has 1 fully saturated rings. The smallest absolute Gasteiger partial charge is 0.230 e. The highest BCUT2D eigenvalue weighted by Gasteiger charge is 2.29. The first-order chi connectivity index (χ1) is 9.24. The van der Waals surface area contributed by atoms with Crippen molar-refractivity contribution in [3.05, 3.63) is 30.3 Å². The number of hydrogen-bond acceptors (Lipinski definition) is 1. The second-order valence-corrected chi connectivity index (χ2v) is 5.64. The van der Waals surface area contributed by atoms with Crippen LogP contribution in [0.1, 0.15) is 52.4 Å². The van der Waals surface area contributed by atoms with E-state index in [4.69, 9.17) is 0 Å². The van der Waals surface area contributed by atoms with Crippen molar-refractivity contribution in [2.75, 3.05) is 4.90 Å². The number of rotatable bonds is 4. The number of nitrogens with zero attached hydrogens (tertiary/aromatic N) is 1. The number of benzene rings is 1. The van der Waals surface area contributed by atoms with Crippen molar-refractivity contribution in [3.8, 4) is 0 Å². The normalized spacial score (nSPS) is 18.0. The molecule has 0 aromatic heterocycles. The predicted molar refractivity (Wildman–Crippen MR) is 80.3 cm³/mol. The van der Waals surface area contributed by atoms with E-state index in [1.54, 1.807) is 0 Å². The molecule has 0 spiro atoms. The van der Waals surface area contributed by atoms with Gasteiger partial charge in [0.05, 0.1) is 0 Å². The minimum absolute atomic E-state index is 0.239. The van der Waals surface area contributed by atoms with Crippen LogP contribution in [0.5, 0.6) is 0 Å². The van der Waals surface area contributed by atoms with Gasteiger partial charge in [-0.1, -0.05) is 44.4 Å². The van der Waals surface area contributed by atoms with Crippen molar-refractivity contribution in [2.24, 2.45) is 5.92 Å². The average molecular weight is 259 g/mol. The monoisotopic (exact) mass is 259 g/mol. The Morgan fingerprint density at radius 1 is 1.21 bits per heavy atom. The molecule has 1 saturated carbocycles. The molecule has 0 bridgehead atoms. The maximum absolute atomic E-state index is 12.8. The van der Waals surface area contributed by atoms with Crippen LogP contribution in [0.3, 0.4) is 0 Å². The molecule has 1 aromatic rings. The van der Waals surface area contributed by atoms with Crippen LogP contribution in [0.4, 0.5) is 5.69 Å². The van der Waals surface area contributed by atoms with Crippen LogP contribution in [0.15, 0.2) is 30.3 Å². The lowest BCUT2D eigenvalue weighted by molar-refractivity contribution is -0.123. The largest absolute Gasteiger partial charge is 0.309 e. The minimum Gasteiger partial charge on any atom is -0.309 e. The highest BCUT2D eigenvalue weighted by Crippen LogP contribution is 2.29. The van der Waals surface area contributed by atoms with Crippen LogP contribution in [0.25, 0.3) is 0 Å². The molecule has 2 rings (SSSR count). The van der Waals surface area contributed by atoms with Crippen molar-refractivity contribution >= 4 is 11.6 Å². The fourth-order valence-corrected chi connectivity index (χ4v) is 2.92. The van der Waals surface area contributed by atoms with Gasteiger partial charge in [0.2, 0.25) is 5.91 Å². The Labute approximate surface area is 116 Å². The molecule has 1 aliphatic carbocycles. The van der Waals surface area contributed by atoms with Gasteiger partial charge in [-0.3, -0.25) is 4.79 Å². The van der Waals surface area contributed by atoms with Crippen LogP contribution in [-0.2, 0) is 4.79 Å². The molecular weight excluding hydrogens is 234 g/mol. The quantitative estimate of drug-likeness (QED) is 0.785. The summed E-state index contributed by atoms with van der Waals surface area (Å²) in [6.45, 7) is 4.29. The van der Waals surface area contributed by atoms with Gasteiger partial charge in [-0.05, 0) is 38.3 Å². The maximum Gasteiger partial charge on any atom is 0.230 e. The topological polar surface area (TPSA) is 20.3 Å². The summed E-state index contributed by atoms with van der Waals surface area (Å²) < 4.78 is 0. The van der Waals surface area contributed by atoms with Gasteiger partial charge >= 0.3 is 0 Å². The molecule has 104 valence electrons. The molecule has 1 aliphatic rings. The van der Waals surface area contributed by atoms with E-state index in [1.165, 1.54) is 19.3 Å². The third kappa shape index (κ3) is 3.37. The van der Waals surface area contributed by atoms with E-state index in [-0.39, 0.29) is 12.0 Å². The van der Waals surface area contributed by atoms with Crippen molar-refractivity contribution in [3.63, 3.8) is 0 Å². The van der Waals surface area contributed by atoms with Crippen LogP contribution < -0.4 is 4.90 Å². The molecule has 1 atom stereocenters. The summed E-state index contributed by atoms with van der Waals surface area (Å²) in [5.41, 5.74) is 1.05. The van der Waals surface area contributed by atoms with Gasteiger partial charge in [-0.15, -0.1) is 0 Å². The molecule has 0 saturated heterocycles. The summed E-state index contributed by atoms with van der Waals surface area (Å²) in [6, 6.07) is 10.4. The Morgan fingerprint density at radius 2 is 1.84 bits per heavy atom. The third-order valence-electron chi connectivity index (χ3n) is 4.26. The average Bonchev–Trinajstić information content (AvgIpc) is 2.49. The summed E-state index contributed by atoms with van der Waals surface area (Å²) in [5, 5.41) is 0. The van der Waals surface area contributed by atoms with E-state index in [0.717, 1.165) is 24.9 Å². The van der Waals surface area contributed by atoms with Gasteiger partial charge in [-0.25, -0.2) is 0 Å². The lowest BCUT2D eigenvalue weighted by atomic mass is 9.87. The first-order valence-electron chi connectivity index (χ1n) is 7.62. The van der Waals surface area contributed by atoms with E-state index < -0.39 is 0 Å². The molecule has 2 heteroatoms. The van der Waals surface area contributed by atoms with E-state index in [0.29, 0.717) is 5.91 Å². The van der Waals surface area contributed by atoms with E-state index >= 15 is 0 Å². The number of carbonyl (C=O) groups is 1. The summed E-state index contributed by atoms with van der Waals surface area (Å²) in [7, 11) is 0.